The number of nitrogens with one attached hydrogen (secondary N) is 1. The SMILES string of the molecule is CCC1CCCCN1c1cc(SCC(=O)Nc2cc(Cl)ccc2OC)ncn1. The van der Waals surface area contributed by atoms with Crippen LogP contribution < -0.4 is 15.0 Å². The summed E-state index contributed by atoms with van der Waals surface area (Å²) in [6.45, 7) is 3.24. The molecule has 1 fully saturated rings. The molecule has 1 aliphatic heterocycles. The Balaban J connectivity index is 1.62. The number of hydrogen-bond donors (Lipinski definition) is 1. The number of anilines is 2. The van der Waals surface area contributed by atoms with Crippen LogP contribution in [0.25, 0.3) is 0 Å². The average Bonchev–Trinajstić information content (AvgIpc) is 2.72. The van der Waals surface area contributed by atoms with Crippen molar-refractivity contribution in [3.8, 4) is 5.75 Å². The Morgan fingerprint density at radius 2 is 2.21 bits per heavy atom. The number of thioether (sulfide) groups is 1. The molecule has 0 bridgehead atoms. The van der Waals surface area contributed by atoms with Crippen LogP contribution in [0.3, 0.4) is 0 Å². The van der Waals surface area contributed by atoms with Crippen LogP contribution in [-0.4, -0.2) is 41.3 Å². The van der Waals surface area contributed by atoms with Gasteiger partial charge >= 0.3 is 0 Å². The van der Waals surface area contributed by atoms with E-state index in [0.717, 1.165) is 23.8 Å². The van der Waals surface area contributed by atoms with Crippen molar-refractivity contribution in [2.45, 2.75) is 43.7 Å². The van der Waals surface area contributed by atoms with E-state index in [2.05, 4.69) is 27.1 Å². The smallest absolute Gasteiger partial charge is 0.234 e. The molecule has 1 N–H and O–H groups in total. The van der Waals surface area contributed by atoms with Gasteiger partial charge in [0, 0.05) is 23.7 Å². The first kappa shape index (κ1) is 20.7. The van der Waals surface area contributed by atoms with Gasteiger partial charge in [0.15, 0.2) is 0 Å². The molecule has 0 spiro atoms. The fraction of sp³-hybridized carbons (Fsp3) is 0.450. The Morgan fingerprint density at radius 3 is 3.00 bits per heavy atom. The summed E-state index contributed by atoms with van der Waals surface area (Å²) in [6, 6.07) is 7.63. The van der Waals surface area contributed by atoms with Gasteiger partial charge in [-0.2, -0.15) is 0 Å². The van der Waals surface area contributed by atoms with E-state index in [9.17, 15) is 4.79 Å². The van der Waals surface area contributed by atoms with Crippen LogP contribution >= 0.6 is 23.4 Å². The first-order valence-electron chi connectivity index (χ1n) is 9.45. The highest BCUT2D eigenvalue weighted by Gasteiger charge is 2.22. The number of amides is 1. The van der Waals surface area contributed by atoms with Crippen LogP contribution in [0.1, 0.15) is 32.6 Å². The van der Waals surface area contributed by atoms with E-state index in [-0.39, 0.29) is 11.7 Å². The second-order valence-electron chi connectivity index (χ2n) is 6.65. The van der Waals surface area contributed by atoms with Crippen molar-refractivity contribution in [2.24, 2.45) is 0 Å². The molecule has 1 amide bonds. The minimum absolute atomic E-state index is 0.143. The summed E-state index contributed by atoms with van der Waals surface area (Å²) in [5.74, 6) is 1.61. The molecule has 6 nitrogen and oxygen atoms in total. The molecule has 1 saturated heterocycles. The third kappa shape index (κ3) is 5.29. The molecule has 1 aromatic carbocycles. The van der Waals surface area contributed by atoms with Crippen LogP contribution in [0.15, 0.2) is 35.6 Å². The molecule has 1 unspecified atom stereocenters. The lowest BCUT2D eigenvalue weighted by molar-refractivity contribution is -0.113. The number of carbonyl (C=O) groups excluding carboxylic acids is 1. The van der Waals surface area contributed by atoms with E-state index in [1.54, 1.807) is 31.6 Å². The number of aromatic nitrogens is 2. The lowest BCUT2D eigenvalue weighted by Gasteiger charge is -2.36. The molecule has 150 valence electrons. The molecular weight excluding hydrogens is 396 g/mol. The quantitative estimate of drug-likeness (QED) is 0.520. The second-order valence-corrected chi connectivity index (χ2v) is 8.08. The number of methoxy groups -OCH3 is 1. The maximum absolute atomic E-state index is 12.4. The summed E-state index contributed by atoms with van der Waals surface area (Å²) in [5, 5.41) is 4.17. The highest BCUT2D eigenvalue weighted by Crippen LogP contribution is 2.29. The Kier molecular flexibility index (Phi) is 7.39. The molecule has 1 aromatic heterocycles. The molecule has 28 heavy (non-hydrogen) atoms. The van der Waals surface area contributed by atoms with Gasteiger partial charge in [-0.3, -0.25) is 4.79 Å². The average molecular weight is 421 g/mol. The molecule has 0 saturated carbocycles. The molecule has 1 atom stereocenters. The molecular formula is C20H25ClN4O2S. The van der Waals surface area contributed by atoms with Crippen molar-refractivity contribution < 1.29 is 9.53 Å². The van der Waals surface area contributed by atoms with Crippen LogP contribution in [-0.2, 0) is 4.79 Å². The van der Waals surface area contributed by atoms with Crippen molar-refractivity contribution >= 4 is 40.8 Å². The number of carbonyl (C=O) groups is 1. The second kappa shape index (κ2) is 9.98. The fourth-order valence-corrected chi connectivity index (χ4v) is 4.23. The monoisotopic (exact) mass is 420 g/mol. The molecule has 3 rings (SSSR count). The van der Waals surface area contributed by atoms with Gasteiger partial charge in [0.05, 0.1) is 18.6 Å². The van der Waals surface area contributed by atoms with Gasteiger partial charge in [-0.1, -0.05) is 30.3 Å². The minimum Gasteiger partial charge on any atom is -0.495 e. The van der Waals surface area contributed by atoms with E-state index in [1.807, 2.05) is 6.07 Å². The van der Waals surface area contributed by atoms with Gasteiger partial charge in [0.1, 0.15) is 22.9 Å². The third-order valence-electron chi connectivity index (χ3n) is 4.81. The van der Waals surface area contributed by atoms with Crippen molar-refractivity contribution in [1.82, 2.24) is 9.97 Å². The molecule has 0 radical (unpaired) electrons. The third-order valence-corrected chi connectivity index (χ3v) is 5.97. The zero-order valence-electron chi connectivity index (χ0n) is 16.2. The van der Waals surface area contributed by atoms with E-state index < -0.39 is 0 Å². The van der Waals surface area contributed by atoms with Gasteiger partial charge in [-0.15, -0.1) is 0 Å². The largest absolute Gasteiger partial charge is 0.495 e. The minimum atomic E-state index is -0.143. The Morgan fingerprint density at radius 1 is 1.36 bits per heavy atom. The number of hydrogen-bond acceptors (Lipinski definition) is 6. The molecule has 8 heteroatoms. The number of ether oxygens (including phenoxy) is 1. The fourth-order valence-electron chi connectivity index (χ4n) is 3.40. The Labute approximate surface area is 175 Å². The Hall–Kier alpha value is -1.99. The molecule has 2 heterocycles. The lowest BCUT2D eigenvalue weighted by Crippen LogP contribution is -2.39. The standard InChI is InChI=1S/C20H25ClN4O2S/c1-3-15-6-4-5-9-25(15)18-11-20(23-13-22-18)28-12-19(26)24-16-10-14(21)7-8-17(16)27-2/h7-8,10-11,13,15H,3-6,9,12H2,1-2H3,(H,24,26). The van der Waals surface area contributed by atoms with Crippen LogP contribution in [0, 0.1) is 0 Å². The lowest BCUT2D eigenvalue weighted by atomic mass is 10.0. The van der Waals surface area contributed by atoms with E-state index in [4.69, 9.17) is 16.3 Å². The van der Waals surface area contributed by atoms with Crippen molar-refractivity contribution in [1.29, 1.82) is 0 Å². The molecule has 2 aromatic rings. The van der Waals surface area contributed by atoms with Gasteiger partial charge < -0.3 is 15.0 Å². The topological polar surface area (TPSA) is 67.4 Å². The summed E-state index contributed by atoms with van der Waals surface area (Å²) >= 11 is 7.40. The zero-order chi connectivity index (χ0) is 19.9. The van der Waals surface area contributed by atoms with Crippen LogP contribution in [0.2, 0.25) is 5.02 Å². The summed E-state index contributed by atoms with van der Waals surface area (Å²) in [5.41, 5.74) is 0.558. The predicted molar refractivity (Wildman–Crippen MR) is 115 cm³/mol. The first-order valence-corrected chi connectivity index (χ1v) is 10.8. The van der Waals surface area contributed by atoms with Gasteiger partial charge in [-0.25, -0.2) is 9.97 Å². The van der Waals surface area contributed by atoms with Crippen molar-refractivity contribution in [3.05, 3.63) is 35.6 Å². The summed E-state index contributed by atoms with van der Waals surface area (Å²) < 4.78 is 5.26. The van der Waals surface area contributed by atoms with Gasteiger partial charge in [0.2, 0.25) is 5.91 Å². The van der Waals surface area contributed by atoms with E-state index in [1.165, 1.54) is 31.0 Å². The first-order chi connectivity index (χ1) is 13.6. The number of benzene rings is 1. The zero-order valence-corrected chi connectivity index (χ0v) is 17.7. The maximum Gasteiger partial charge on any atom is 0.234 e. The van der Waals surface area contributed by atoms with Gasteiger partial charge in [-0.05, 0) is 43.9 Å². The highest BCUT2D eigenvalue weighted by atomic mass is 35.5. The van der Waals surface area contributed by atoms with Gasteiger partial charge in [0.25, 0.3) is 0 Å². The summed E-state index contributed by atoms with van der Waals surface area (Å²) in [4.78, 5) is 23.5. The Bertz CT molecular complexity index is 821. The molecule has 0 aliphatic carbocycles. The number of halogens is 1. The van der Waals surface area contributed by atoms with E-state index >= 15 is 0 Å². The normalized spacial score (nSPS) is 16.7. The highest BCUT2D eigenvalue weighted by molar-refractivity contribution is 7.99. The van der Waals surface area contributed by atoms with E-state index in [0.29, 0.717) is 22.5 Å². The predicted octanol–water partition coefficient (Wildman–Crippen LogP) is 4.64. The van der Waals surface area contributed by atoms with Crippen molar-refractivity contribution in [2.75, 3.05) is 29.6 Å². The number of nitrogens with zero attached hydrogens (tertiary/aromatic N) is 3. The van der Waals surface area contributed by atoms with Crippen molar-refractivity contribution in [3.63, 3.8) is 0 Å². The summed E-state index contributed by atoms with van der Waals surface area (Å²) in [6.07, 6.45) is 6.35. The molecule has 1 aliphatic rings. The maximum atomic E-state index is 12.4. The van der Waals surface area contributed by atoms with Crippen LogP contribution in [0.5, 0.6) is 5.75 Å². The number of rotatable bonds is 7. The number of piperidine rings is 1. The van der Waals surface area contributed by atoms with Crippen LogP contribution in [0.4, 0.5) is 11.5 Å². The summed E-state index contributed by atoms with van der Waals surface area (Å²) in [7, 11) is 1.56.